The minimum Gasteiger partial charge on any atom is -0.493 e. The van der Waals surface area contributed by atoms with Crippen molar-refractivity contribution in [3.05, 3.63) is 42.0 Å². The standard InChI is InChI=1S/C18H19NO6/c1-21-15-5-2-4-13(18(19)20)17(15)23-9-3-8-22-12-6-7-14-16(10-12)25-11-24-14/h2,4-7,10H,3,8-9,11H2,1H3,(H2,19,20). The summed E-state index contributed by atoms with van der Waals surface area (Å²) in [7, 11) is 1.51. The van der Waals surface area contributed by atoms with Gasteiger partial charge in [0.05, 0.1) is 25.9 Å². The molecule has 0 spiro atoms. The fourth-order valence-electron chi connectivity index (χ4n) is 2.41. The Hall–Kier alpha value is -3.09. The van der Waals surface area contributed by atoms with Gasteiger partial charge in [0.1, 0.15) is 5.75 Å². The van der Waals surface area contributed by atoms with E-state index in [0.29, 0.717) is 48.4 Å². The number of methoxy groups -OCH3 is 1. The first kappa shape index (κ1) is 16.8. The number of hydrogen-bond donors (Lipinski definition) is 1. The van der Waals surface area contributed by atoms with Gasteiger partial charge < -0.3 is 29.4 Å². The molecule has 2 N–H and O–H groups in total. The van der Waals surface area contributed by atoms with E-state index in [-0.39, 0.29) is 12.4 Å². The quantitative estimate of drug-likeness (QED) is 0.739. The topological polar surface area (TPSA) is 89.2 Å². The monoisotopic (exact) mass is 345 g/mol. The maximum Gasteiger partial charge on any atom is 0.252 e. The van der Waals surface area contributed by atoms with E-state index in [2.05, 4.69) is 0 Å². The fraction of sp³-hybridized carbons (Fsp3) is 0.278. The van der Waals surface area contributed by atoms with E-state index in [0.717, 1.165) is 0 Å². The lowest BCUT2D eigenvalue weighted by atomic mass is 10.2. The zero-order valence-electron chi connectivity index (χ0n) is 13.8. The Morgan fingerprint density at radius 1 is 1.12 bits per heavy atom. The molecule has 25 heavy (non-hydrogen) atoms. The number of carbonyl (C=O) groups is 1. The molecule has 1 amide bonds. The molecule has 0 bridgehead atoms. The summed E-state index contributed by atoms with van der Waals surface area (Å²) in [4.78, 5) is 11.5. The molecule has 0 unspecified atom stereocenters. The molecule has 0 radical (unpaired) electrons. The first-order chi connectivity index (χ1) is 12.2. The van der Waals surface area contributed by atoms with Gasteiger partial charge in [-0.2, -0.15) is 0 Å². The van der Waals surface area contributed by atoms with Crippen molar-refractivity contribution in [1.29, 1.82) is 0 Å². The van der Waals surface area contributed by atoms with Crippen LogP contribution in [0.2, 0.25) is 0 Å². The molecule has 1 aliphatic rings. The molecule has 0 saturated heterocycles. The van der Waals surface area contributed by atoms with Crippen molar-refractivity contribution in [1.82, 2.24) is 0 Å². The third-order valence-corrected chi connectivity index (χ3v) is 3.61. The Kier molecular flexibility index (Phi) is 5.13. The summed E-state index contributed by atoms with van der Waals surface area (Å²) >= 11 is 0. The van der Waals surface area contributed by atoms with Gasteiger partial charge in [-0.1, -0.05) is 6.07 Å². The summed E-state index contributed by atoms with van der Waals surface area (Å²) < 4.78 is 27.1. The third kappa shape index (κ3) is 3.88. The maximum absolute atomic E-state index is 11.5. The molecule has 1 aliphatic heterocycles. The van der Waals surface area contributed by atoms with Crippen LogP contribution >= 0.6 is 0 Å². The lowest BCUT2D eigenvalue weighted by Crippen LogP contribution is -2.14. The highest BCUT2D eigenvalue weighted by Gasteiger charge is 2.15. The van der Waals surface area contributed by atoms with Gasteiger partial charge in [0, 0.05) is 12.5 Å². The smallest absolute Gasteiger partial charge is 0.252 e. The minimum absolute atomic E-state index is 0.230. The number of para-hydroxylation sites is 1. The van der Waals surface area contributed by atoms with Crippen molar-refractivity contribution >= 4 is 5.91 Å². The molecule has 2 aromatic carbocycles. The number of hydrogen-bond acceptors (Lipinski definition) is 6. The molecular weight excluding hydrogens is 326 g/mol. The lowest BCUT2D eigenvalue weighted by Gasteiger charge is -2.13. The molecule has 0 fully saturated rings. The fourth-order valence-corrected chi connectivity index (χ4v) is 2.41. The number of benzene rings is 2. The lowest BCUT2D eigenvalue weighted by molar-refractivity contribution is 0.0995. The van der Waals surface area contributed by atoms with E-state index in [4.69, 9.17) is 29.4 Å². The van der Waals surface area contributed by atoms with Crippen LogP contribution in [0, 0.1) is 0 Å². The average Bonchev–Trinajstić information content (AvgIpc) is 3.09. The number of ether oxygens (including phenoxy) is 5. The number of primary amides is 1. The molecule has 0 aliphatic carbocycles. The normalized spacial score (nSPS) is 11.9. The Labute approximate surface area is 145 Å². The van der Waals surface area contributed by atoms with Crippen LogP contribution in [0.5, 0.6) is 28.7 Å². The summed E-state index contributed by atoms with van der Waals surface area (Å²) in [6.07, 6.45) is 0.616. The van der Waals surface area contributed by atoms with Crippen molar-refractivity contribution in [2.24, 2.45) is 5.73 Å². The number of fused-ring (bicyclic) bond motifs is 1. The molecule has 2 aromatic rings. The summed E-state index contributed by atoms with van der Waals surface area (Å²) in [6.45, 7) is 1.03. The molecule has 132 valence electrons. The van der Waals surface area contributed by atoms with E-state index in [1.54, 1.807) is 24.3 Å². The highest BCUT2D eigenvalue weighted by molar-refractivity contribution is 5.96. The average molecular weight is 345 g/mol. The molecule has 1 heterocycles. The Bertz CT molecular complexity index is 761. The van der Waals surface area contributed by atoms with Crippen LogP contribution in [-0.2, 0) is 0 Å². The van der Waals surface area contributed by atoms with Crippen LogP contribution < -0.4 is 29.4 Å². The Morgan fingerprint density at radius 3 is 2.72 bits per heavy atom. The van der Waals surface area contributed by atoms with E-state index in [9.17, 15) is 4.79 Å². The van der Waals surface area contributed by atoms with Gasteiger partial charge in [0.15, 0.2) is 23.0 Å². The Balaban J connectivity index is 1.51. The van der Waals surface area contributed by atoms with Crippen LogP contribution in [0.25, 0.3) is 0 Å². The van der Waals surface area contributed by atoms with E-state index < -0.39 is 5.91 Å². The summed E-state index contributed by atoms with van der Waals surface area (Å²) in [6, 6.07) is 10.4. The van der Waals surface area contributed by atoms with Gasteiger partial charge in [-0.3, -0.25) is 4.79 Å². The molecule has 7 nitrogen and oxygen atoms in total. The third-order valence-electron chi connectivity index (χ3n) is 3.61. The predicted molar refractivity (Wildman–Crippen MR) is 89.7 cm³/mol. The zero-order valence-corrected chi connectivity index (χ0v) is 13.8. The van der Waals surface area contributed by atoms with Gasteiger partial charge in [-0.05, 0) is 24.3 Å². The first-order valence-electron chi connectivity index (χ1n) is 7.81. The van der Waals surface area contributed by atoms with Crippen LogP contribution in [0.4, 0.5) is 0 Å². The number of amides is 1. The maximum atomic E-state index is 11.5. The largest absolute Gasteiger partial charge is 0.493 e. The highest BCUT2D eigenvalue weighted by atomic mass is 16.7. The van der Waals surface area contributed by atoms with Crippen molar-refractivity contribution in [3.8, 4) is 28.7 Å². The summed E-state index contributed by atoms with van der Waals surface area (Å²) in [5, 5.41) is 0. The zero-order chi connectivity index (χ0) is 17.6. The molecular formula is C18H19NO6. The summed E-state index contributed by atoms with van der Waals surface area (Å²) in [5.41, 5.74) is 5.66. The number of rotatable bonds is 8. The number of carbonyl (C=O) groups excluding carboxylic acids is 1. The van der Waals surface area contributed by atoms with Crippen molar-refractivity contribution in [3.63, 3.8) is 0 Å². The van der Waals surface area contributed by atoms with Gasteiger partial charge in [-0.15, -0.1) is 0 Å². The molecule has 0 saturated carbocycles. The number of nitrogens with two attached hydrogens (primary N) is 1. The molecule has 3 rings (SSSR count). The van der Waals surface area contributed by atoms with Crippen molar-refractivity contribution < 1.29 is 28.5 Å². The molecule has 7 heteroatoms. The Morgan fingerprint density at radius 2 is 1.92 bits per heavy atom. The second-order valence-corrected chi connectivity index (χ2v) is 5.27. The van der Waals surface area contributed by atoms with E-state index >= 15 is 0 Å². The predicted octanol–water partition coefficient (Wildman–Crippen LogP) is 2.37. The highest BCUT2D eigenvalue weighted by Crippen LogP contribution is 2.35. The van der Waals surface area contributed by atoms with Crippen LogP contribution in [0.3, 0.4) is 0 Å². The van der Waals surface area contributed by atoms with Crippen LogP contribution in [-0.4, -0.2) is 33.0 Å². The molecule has 0 aromatic heterocycles. The van der Waals surface area contributed by atoms with Gasteiger partial charge in [-0.25, -0.2) is 0 Å². The van der Waals surface area contributed by atoms with Gasteiger partial charge in [0.2, 0.25) is 6.79 Å². The van der Waals surface area contributed by atoms with Crippen molar-refractivity contribution in [2.75, 3.05) is 27.1 Å². The van der Waals surface area contributed by atoms with Gasteiger partial charge >= 0.3 is 0 Å². The first-order valence-corrected chi connectivity index (χ1v) is 7.81. The summed E-state index contributed by atoms with van der Waals surface area (Å²) in [5.74, 6) is 2.33. The van der Waals surface area contributed by atoms with Crippen molar-refractivity contribution in [2.45, 2.75) is 6.42 Å². The second-order valence-electron chi connectivity index (χ2n) is 5.27. The molecule has 0 atom stereocenters. The van der Waals surface area contributed by atoms with E-state index in [1.165, 1.54) is 7.11 Å². The van der Waals surface area contributed by atoms with Crippen LogP contribution in [0.15, 0.2) is 36.4 Å². The SMILES string of the molecule is COc1cccc(C(N)=O)c1OCCCOc1ccc2c(c1)OCO2. The van der Waals surface area contributed by atoms with E-state index in [1.807, 2.05) is 12.1 Å². The van der Waals surface area contributed by atoms with Gasteiger partial charge in [0.25, 0.3) is 5.91 Å². The van der Waals surface area contributed by atoms with Crippen LogP contribution in [0.1, 0.15) is 16.8 Å². The minimum atomic E-state index is -0.564. The second kappa shape index (κ2) is 7.65.